The van der Waals surface area contributed by atoms with Crippen molar-refractivity contribution in [1.29, 1.82) is 0 Å². The van der Waals surface area contributed by atoms with Gasteiger partial charge in [-0.05, 0) is 25.0 Å². The molecular formula is C13H18N4O. The van der Waals surface area contributed by atoms with E-state index < -0.39 is 0 Å². The Morgan fingerprint density at radius 1 is 1.39 bits per heavy atom. The number of pyridine rings is 1. The number of hydrogen-bond donors (Lipinski definition) is 1. The van der Waals surface area contributed by atoms with Crippen molar-refractivity contribution >= 4 is 11.6 Å². The second-order valence-corrected chi connectivity index (χ2v) is 4.17. The Morgan fingerprint density at radius 2 is 2.28 bits per heavy atom. The van der Waals surface area contributed by atoms with Crippen molar-refractivity contribution in [2.24, 2.45) is 0 Å². The standard InChI is InChI=1S/C13H18N4O/c1-11-8-12(10-14-9-11)16-13-15-4-6-17(13)5-3-7-18-2/h4,6,8-10H,3,5,7H2,1-2H3,(H,15,16). The van der Waals surface area contributed by atoms with Crippen LogP contribution >= 0.6 is 0 Å². The molecular weight excluding hydrogens is 228 g/mol. The Bertz CT molecular complexity index is 495. The molecule has 0 saturated heterocycles. The molecule has 2 aromatic rings. The lowest BCUT2D eigenvalue weighted by atomic mass is 10.3. The highest BCUT2D eigenvalue weighted by molar-refractivity contribution is 5.52. The van der Waals surface area contributed by atoms with E-state index in [0.717, 1.165) is 36.8 Å². The summed E-state index contributed by atoms with van der Waals surface area (Å²) in [5.74, 6) is 0.832. The number of methoxy groups -OCH3 is 1. The zero-order chi connectivity index (χ0) is 12.8. The predicted molar refractivity (Wildman–Crippen MR) is 71.0 cm³/mol. The fourth-order valence-electron chi connectivity index (χ4n) is 1.75. The van der Waals surface area contributed by atoms with Crippen LogP contribution in [0.2, 0.25) is 0 Å². The fourth-order valence-corrected chi connectivity index (χ4v) is 1.75. The van der Waals surface area contributed by atoms with E-state index >= 15 is 0 Å². The van der Waals surface area contributed by atoms with Gasteiger partial charge in [-0.25, -0.2) is 4.98 Å². The summed E-state index contributed by atoms with van der Waals surface area (Å²) in [5, 5.41) is 3.27. The minimum Gasteiger partial charge on any atom is -0.385 e. The molecule has 0 aliphatic rings. The first-order valence-electron chi connectivity index (χ1n) is 5.98. The molecule has 18 heavy (non-hydrogen) atoms. The molecule has 5 heteroatoms. The third-order valence-corrected chi connectivity index (χ3v) is 2.59. The van der Waals surface area contributed by atoms with Crippen LogP contribution in [0.15, 0.2) is 30.9 Å². The molecule has 0 bridgehead atoms. The summed E-state index contributed by atoms with van der Waals surface area (Å²) in [4.78, 5) is 8.45. The quantitative estimate of drug-likeness (QED) is 0.795. The molecule has 2 heterocycles. The van der Waals surface area contributed by atoms with Gasteiger partial charge in [-0.2, -0.15) is 0 Å². The highest BCUT2D eigenvalue weighted by Gasteiger charge is 2.03. The van der Waals surface area contributed by atoms with E-state index in [1.165, 1.54) is 0 Å². The number of nitrogens with one attached hydrogen (secondary N) is 1. The number of anilines is 2. The van der Waals surface area contributed by atoms with Crippen molar-refractivity contribution in [2.75, 3.05) is 19.0 Å². The van der Waals surface area contributed by atoms with Crippen LogP contribution in [0.5, 0.6) is 0 Å². The highest BCUT2D eigenvalue weighted by Crippen LogP contribution is 2.15. The molecule has 0 unspecified atom stereocenters. The third kappa shape index (κ3) is 3.30. The summed E-state index contributed by atoms with van der Waals surface area (Å²) in [5.41, 5.74) is 2.08. The van der Waals surface area contributed by atoms with Gasteiger partial charge < -0.3 is 14.6 Å². The molecule has 5 nitrogen and oxygen atoms in total. The molecule has 1 N–H and O–H groups in total. The molecule has 0 saturated carbocycles. The van der Waals surface area contributed by atoms with Crippen LogP contribution in [0.25, 0.3) is 0 Å². The average Bonchev–Trinajstić information content (AvgIpc) is 2.77. The van der Waals surface area contributed by atoms with Gasteiger partial charge in [0.05, 0.1) is 11.9 Å². The number of rotatable bonds is 6. The lowest BCUT2D eigenvalue weighted by Crippen LogP contribution is -2.05. The van der Waals surface area contributed by atoms with Gasteiger partial charge >= 0.3 is 0 Å². The van der Waals surface area contributed by atoms with Crippen molar-refractivity contribution in [3.05, 3.63) is 36.4 Å². The normalized spacial score (nSPS) is 10.6. The minimum atomic E-state index is 0.754. The predicted octanol–water partition coefficient (Wildman–Crippen LogP) is 2.37. The molecule has 0 aromatic carbocycles. The number of ether oxygens (including phenoxy) is 1. The summed E-state index contributed by atoms with van der Waals surface area (Å²) < 4.78 is 7.12. The zero-order valence-corrected chi connectivity index (χ0v) is 10.8. The molecule has 0 aliphatic carbocycles. The van der Waals surface area contributed by atoms with E-state index in [1.807, 2.05) is 25.4 Å². The maximum absolute atomic E-state index is 5.05. The maximum atomic E-state index is 5.05. The van der Waals surface area contributed by atoms with E-state index in [-0.39, 0.29) is 0 Å². The topological polar surface area (TPSA) is 52.0 Å². The van der Waals surface area contributed by atoms with Gasteiger partial charge in [-0.1, -0.05) is 0 Å². The van der Waals surface area contributed by atoms with Crippen LogP contribution in [0, 0.1) is 6.92 Å². The van der Waals surface area contributed by atoms with Crippen molar-refractivity contribution in [2.45, 2.75) is 19.9 Å². The molecule has 0 radical (unpaired) electrons. The van der Waals surface area contributed by atoms with Crippen molar-refractivity contribution in [3.8, 4) is 0 Å². The monoisotopic (exact) mass is 246 g/mol. The van der Waals surface area contributed by atoms with E-state index in [1.54, 1.807) is 19.5 Å². The molecule has 2 rings (SSSR count). The van der Waals surface area contributed by atoms with Crippen molar-refractivity contribution in [1.82, 2.24) is 14.5 Å². The van der Waals surface area contributed by atoms with Gasteiger partial charge in [-0.15, -0.1) is 0 Å². The summed E-state index contributed by atoms with van der Waals surface area (Å²) in [6.45, 7) is 3.66. The number of hydrogen-bond acceptors (Lipinski definition) is 4. The minimum absolute atomic E-state index is 0.754. The largest absolute Gasteiger partial charge is 0.385 e. The summed E-state index contributed by atoms with van der Waals surface area (Å²) in [6, 6.07) is 2.04. The fraction of sp³-hybridized carbons (Fsp3) is 0.385. The second-order valence-electron chi connectivity index (χ2n) is 4.17. The van der Waals surface area contributed by atoms with Crippen LogP contribution in [0.1, 0.15) is 12.0 Å². The second kappa shape index (κ2) is 6.16. The Morgan fingerprint density at radius 3 is 3.06 bits per heavy atom. The van der Waals surface area contributed by atoms with Gasteiger partial charge in [-0.3, -0.25) is 4.98 Å². The average molecular weight is 246 g/mol. The van der Waals surface area contributed by atoms with E-state index in [0.29, 0.717) is 0 Å². The first-order chi connectivity index (χ1) is 8.79. The lowest BCUT2D eigenvalue weighted by Gasteiger charge is -2.09. The summed E-state index contributed by atoms with van der Waals surface area (Å²) in [7, 11) is 1.71. The molecule has 2 aromatic heterocycles. The molecule has 0 atom stereocenters. The van der Waals surface area contributed by atoms with Crippen LogP contribution < -0.4 is 5.32 Å². The first-order valence-corrected chi connectivity index (χ1v) is 5.98. The number of aryl methyl sites for hydroxylation is 2. The third-order valence-electron chi connectivity index (χ3n) is 2.59. The van der Waals surface area contributed by atoms with Crippen LogP contribution in [-0.2, 0) is 11.3 Å². The van der Waals surface area contributed by atoms with Gasteiger partial charge in [0, 0.05) is 38.9 Å². The number of imidazole rings is 1. The van der Waals surface area contributed by atoms with E-state index in [9.17, 15) is 0 Å². The molecule has 0 aliphatic heterocycles. The Hall–Kier alpha value is -1.88. The summed E-state index contributed by atoms with van der Waals surface area (Å²) in [6.07, 6.45) is 8.34. The molecule has 0 amide bonds. The van der Waals surface area contributed by atoms with Gasteiger partial charge in [0.25, 0.3) is 0 Å². The smallest absolute Gasteiger partial charge is 0.207 e. The molecule has 0 spiro atoms. The van der Waals surface area contributed by atoms with Gasteiger partial charge in [0.15, 0.2) is 0 Å². The highest BCUT2D eigenvalue weighted by atomic mass is 16.5. The molecule has 96 valence electrons. The number of nitrogens with zero attached hydrogens (tertiary/aromatic N) is 3. The van der Waals surface area contributed by atoms with Crippen LogP contribution in [-0.4, -0.2) is 28.3 Å². The van der Waals surface area contributed by atoms with Crippen molar-refractivity contribution < 1.29 is 4.74 Å². The number of aromatic nitrogens is 3. The Balaban J connectivity index is 2.03. The SMILES string of the molecule is COCCCn1ccnc1Nc1cncc(C)c1. The van der Waals surface area contributed by atoms with Gasteiger partial charge in [0.2, 0.25) is 5.95 Å². The van der Waals surface area contributed by atoms with Crippen LogP contribution in [0.4, 0.5) is 11.6 Å². The van der Waals surface area contributed by atoms with Crippen LogP contribution in [0.3, 0.4) is 0 Å². The molecule has 0 fully saturated rings. The van der Waals surface area contributed by atoms with Crippen molar-refractivity contribution in [3.63, 3.8) is 0 Å². The lowest BCUT2D eigenvalue weighted by molar-refractivity contribution is 0.190. The first kappa shape index (κ1) is 12.6. The summed E-state index contributed by atoms with van der Waals surface area (Å²) >= 11 is 0. The Labute approximate surface area is 107 Å². The van der Waals surface area contributed by atoms with Gasteiger partial charge in [0.1, 0.15) is 0 Å². The Kier molecular flexibility index (Phi) is 4.30. The van der Waals surface area contributed by atoms with E-state index in [2.05, 4.69) is 19.9 Å². The van der Waals surface area contributed by atoms with E-state index in [4.69, 9.17) is 4.74 Å². The maximum Gasteiger partial charge on any atom is 0.207 e. The zero-order valence-electron chi connectivity index (χ0n) is 10.8.